The first-order valence-electron chi connectivity index (χ1n) is 6.04. The van der Waals surface area contributed by atoms with Crippen molar-refractivity contribution in [2.24, 2.45) is 0 Å². The summed E-state index contributed by atoms with van der Waals surface area (Å²) >= 11 is 6.19. The molecule has 1 N–H and O–H groups in total. The number of aromatic nitrogens is 2. The summed E-state index contributed by atoms with van der Waals surface area (Å²) in [5.74, 6) is 0.622. The van der Waals surface area contributed by atoms with E-state index in [2.05, 4.69) is 27.6 Å². The van der Waals surface area contributed by atoms with Crippen molar-refractivity contribution in [2.75, 3.05) is 5.32 Å². The Morgan fingerprint density at radius 2 is 2.32 bits per heavy atom. The first kappa shape index (κ1) is 11.9. The zero-order valence-electron chi connectivity index (χ0n) is 10.1. The van der Waals surface area contributed by atoms with E-state index in [1.807, 2.05) is 12.1 Å². The molecule has 0 fully saturated rings. The van der Waals surface area contributed by atoms with E-state index in [0.717, 1.165) is 17.9 Å². The van der Waals surface area contributed by atoms with Crippen molar-refractivity contribution in [2.45, 2.75) is 18.9 Å². The maximum atomic E-state index is 8.85. The largest absolute Gasteiger partial charge is 0.362 e. The highest BCUT2D eigenvalue weighted by atomic mass is 35.5. The summed E-state index contributed by atoms with van der Waals surface area (Å²) < 4.78 is 0. The van der Waals surface area contributed by atoms with Crippen LogP contribution in [0.2, 0.25) is 5.02 Å². The minimum Gasteiger partial charge on any atom is -0.362 e. The van der Waals surface area contributed by atoms with Crippen molar-refractivity contribution >= 4 is 17.4 Å². The minimum absolute atomic E-state index is 0.178. The van der Waals surface area contributed by atoms with Gasteiger partial charge in [-0.3, -0.25) is 0 Å². The van der Waals surface area contributed by atoms with Crippen LogP contribution in [0, 0.1) is 11.3 Å². The molecule has 0 spiro atoms. The first-order chi connectivity index (χ1) is 9.28. The number of anilines is 1. The second-order valence-corrected chi connectivity index (χ2v) is 4.89. The molecular weight excluding hydrogens is 260 g/mol. The second kappa shape index (κ2) is 4.87. The van der Waals surface area contributed by atoms with Crippen LogP contribution in [0.5, 0.6) is 0 Å². The van der Waals surface area contributed by atoms with Gasteiger partial charge in [0.15, 0.2) is 0 Å². The average Bonchev–Trinajstić information content (AvgIpc) is 2.84. The van der Waals surface area contributed by atoms with Crippen molar-refractivity contribution < 1.29 is 0 Å². The summed E-state index contributed by atoms with van der Waals surface area (Å²) in [5.41, 5.74) is 2.91. The Morgan fingerprint density at radius 3 is 3.16 bits per heavy atom. The molecule has 5 heteroatoms. The van der Waals surface area contributed by atoms with Gasteiger partial charge in [-0.1, -0.05) is 23.7 Å². The lowest BCUT2D eigenvalue weighted by Gasteiger charge is -2.14. The summed E-state index contributed by atoms with van der Waals surface area (Å²) in [6, 6.07) is 9.89. The quantitative estimate of drug-likeness (QED) is 0.911. The van der Waals surface area contributed by atoms with E-state index in [1.165, 1.54) is 17.3 Å². The first-order valence-corrected chi connectivity index (χ1v) is 6.42. The third-order valence-corrected chi connectivity index (χ3v) is 3.67. The standard InChI is InChI=1S/C14H11ClN4/c15-12-3-1-2-11-10(12)4-5-13(11)18-14-6-9(7-16)8-17-19-14/h1-3,6,8,13H,4-5H2,(H,18,19)/t13-/m0/s1. The molecule has 0 radical (unpaired) electrons. The molecule has 0 aliphatic heterocycles. The summed E-state index contributed by atoms with van der Waals surface area (Å²) in [7, 11) is 0. The van der Waals surface area contributed by atoms with Gasteiger partial charge in [-0.15, -0.1) is 5.10 Å². The SMILES string of the molecule is N#Cc1cnnc(N[C@H]2CCc3c(Cl)cccc32)c1. The molecule has 0 amide bonds. The number of nitriles is 1. The smallest absolute Gasteiger partial charge is 0.150 e. The van der Waals surface area contributed by atoms with E-state index in [0.29, 0.717) is 11.4 Å². The normalized spacial score (nSPS) is 16.7. The number of nitrogens with zero attached hydrogens (tertiary/aromatic N) is 3. The molecule has 0 unspecified atom stereocenters. The van der Waals surface area contributed by atoms with E-state index in [1.54, 1.807) is 6.07 Å². The van der Waals surface area contributed by atoms with Gasteiger partial charge < -0.3 is 5.32 Å². The summed E-state index contributed by atoms with van der Waals surface area (Å²) in [5, 5.41) is 20.8. The lowest BCUT2D eigenvalue weighted by atomic mass is 10.1. The molecule has 1 atom stereocenters. The molecule has 1 heterocycles. The van der Waals surface area contributed by atoms with Gasteiger partial charge in [0, 0.05) is 11.1 Å². The number of hydrogen-bond donors (Lipinski definition) is 1. The van der Waals surface area contributed by atoms with Crippen molar-refractivity contribution in [1.29, 1.82) is 5.26 Å². The van der Waals surface area contributed by atoms with Crippen LogP contribution in [-0.4, -0.2) is 10.2 Å². The molecule has 0 bridgehead atoms. The molecule has 1 aliphatic rings. The highest BCUT2D eigenvalue weighted by Gasteiger charge is 2.24. The Hall–Kier alpha value is -2.12. The van der Waals surface area contributed by atoms with Crippen LogP contribution in [0.4, 0.5) is 5.82 Å². The van der Waals surface area contributed by atoms with Gasteiger partial charge in [0.2, 0.25) is 0 Å². The Bertz CT molecular complexity index is 663. The lowest BCUT2D eigenvalue weighted by Crippen LogP contribution is -2.09. The van der Waals surface area contributed by atoms with Crippen LogP contribution in [0.25, 0.3) is 0 Å². The van der Waals surface area contributed by atoms with E-state index < -0.39 is 0 Å². The molecule has 0 saturated heterocycles. The Balaban J connectivity index is 1.87. The van der Waals surface area contributed by atoms with Crippen molar-refractivity contribution in [3.63, 3.8) is 0 Å². The predicted molar refractivity (Wildman–Crippen MR) is 72.9 cm³/mol. The van der Waals surface area contributed by atoms with Gasteiger partial charge in [0.1, 0.15) is 11.9 Å². The number of benzene rings is 1. The van der Waals surface area contributed by atoms with Crippen LogP contribution in [0.3, 0.4) is 0 Å². The maximum Gasteiger partial charge on any atom is 0.150 e. The Labute approximate surface area is 116 Å². The van der Waals surface area contributed by atoms with E-state index in [4.69, 9.17) is 16.9 Å². The molecule has 94 valence electrons. The fourth-order valence-corrected chi connectivity index (χ4v) is 2.71. The van der Waals surface area contributed by atoms with Gasteiger partial charge in [0.25, 0.3) is 0 Å². The topological polar surface area (TPSA) is 61.6 Å². The molecule has 4 nitrogen and oxygen atoms in total. The Morgan fingerprint density at radius 1 is 1.42 bits per heavy atom. The fourth-order valence-electron chi connectivity index (χ4n) is 2.44. The van der Waals surface area contributed by atoms with Gasteiger partial charge in [-0.05, 0) is 30.0 Å². The third kappa shape index (κ3) is 2.25. The monoisotopic (exact) mass is 270 g/mol. The average molecular weight is 271 g/mol. The van der Waals surface area contributed by atoms with Crippen LogP contribution in [0.1, 0.15) is 29.2 Å². The van der Waals surface area contributed by atoms with Crippen LogP contribution in [-0.2, 0) is 6.42 Å². The molecule has 1 aromatic carbocycles. The molecule has 2 aromatic rings. The molecule has 1 aliphatic carbocycles. The molecule has 3 rings (SSSR count). The number of fused-ring (bicyclic) bond motifs is 1. The summed E-state index contributed by atoms with van der Waals surface area (Å²) in [6.45, 7) is 0. The van der Waals surface area contributed by atoms with Crippen molar-refractivity contribution in [1.82, 2.24) is 10.2 Å². The highest BCUT2D eigenvalue weighted by Crippen LogP contribution is 2.37. The van der Waals surface area contributed by atoms with Crippen molar-refractivity contribution in [3.8, 4) is 6.07 Å². The van der Waals surface area contributed by atoms with E-state index >= 15 is 0 Å². The number of rotatable bonds is 2. The highest BCUT2D eigenvalue weighted by molar-refractivity contribution is 6.31. The molecule has 19 heavy (non-hydrogen) atoms. The second-order valence-electron chi connectivity index (χ2n) is 4.48. The zero-order valence-corrected chi connectivity index (χ0v) is 10.9. The minimum atomic E-state index is 0.178. The maximum absolute atomic E-state index is 8.85. The van der Waals surface area contributed by atoms with Gasteiger partial charge in [-0.2, -0.15) is 10.4 Å². The molecular formula is C14H11ClN4. The van der Waals surface area contributed by atoms with Gasteiger partial charge in [0.05, 0.1) is 17.8 Å². The molecule has 1 aromatic heterocycles. The third-order valence-electron chi connectivity index (χ3n) is 3.32. The molecule has 0 saturated carbocycles. The van der Waals surface area contributed by atoms with Crippen LogP contribution in [0.15, 0.2) is 30.5 Å². The summed E-state index contributed by atoms with van der Waals surface area (Å²) in [4.78, 5) is 0. The lowest BCUT2D eigenvalue weighted by molar-refractivity contribution is 0.753. The fraction of sp³-hybridized carbons (Fsp3) is 0.214. The van der Waals surface area contributed by atoms with Crippen molar-refractivity contribution in [3.05, 3.63) is 52.2 Å². The van der Waals surface area contributed by atoms with E-state index in [9.17, 15) is 0 Å². The Kier molecular flexibility index (Phi) is 3.06. The predicted octanol–water partition coefficient (Wildman–Crippen LogP) is 3.10. The number of halogens is 1. The van der Waals surface area contributed by atoms with Crippen LogP contribution < -0.4 is 5.32 Å². The van der Waals surface area contributed by atoms with E-state index in [-0.39, 0.29) is 6.04 Å². The van der Waals surface area contributed by atoms with Gasteiger partial charge >= 0.3 is 0 Å². The van der Waals surface area contributed by atoms with Crippen LogP contribution >= 0.6 is 11.6 Å². The van der Waals surface area contributed by atoms with Gasteiger partial charge in [-0.25, -0.2) is 0 Å². The number of hydrogen-bond acceptors (Lipinski definition) is 4. The zero-order chi connectivity index (χ0) is 13.2. The summed E-state index contributed by atoms with van der Waals surface area (Å²) in [6.07, 6.45) is 3.38. The number of nitrogens with one attached hydrogen (secondary N) is 1.